The molecule has 0 saturated carbocycles. The lowest BCUT2D eigenvalue weighted by Gasteiger charge is -2.14. The highest BCUT2D eigenvalue weighted by atomic mass is 32.1. The topological polar surface area (TPSA) is 64.3 Å². The van der Waals surface area contributed by atoms with E-state index in [2.05, 4.69) is 26.5 Å². The first-order chi connectivity index (χ1) is 9.80. The van der Waals surface area contributed by atoms with Crippen molar-refractivity contribution in [2.75, 3.05) is 14.2 Å². The summed E-state index contributed by atoms with van der Waals surface area (Å²) in [5.41, 5.74) is 1.93. The minimum Gasteiger partial charge on any atom is -0.481 e. The average Bonchev–Trinajstić information content (AvgIpc) is 3.05. The molecule has 1 atom stereocenters. The van der Waals surface area contributed by atoms with Crippen molar-refractivity contribution in [1.29, 1.82) is 0 Å². The van der Waals surface area contributed by atoms with E-state index in [1.807, 2.05) is 29.1 Å². The number of thiazole rings is 1. The Kier molecular flexibility index (Phi) is 3.62. The third kappa shape index (κ3) is 2.50. The number of imidazole rings is 1. The first-order valence-electron chi connectivity index (χ1n) is 6.24. The van der Waals surface area contributed by atoms with Gasteiger partial charge in [0.15, 0.2) is 4.96 Å². The van der Waals surface area contributed by atoms with Gasteiger partial charge in [-0.15, -0.1) is 11.3 Å². The summed E-state index contributed by atoms with van der Waals surface area (Å²) in [5.74, 6) is 0.570. The molecule has 3 aromatic heterocycles. The van der Waals surface area contributed by atoms with Crippen LogP contribution >= 0.6 is 11.3 Å². The van der Waals surface area contributed by atoms with Crippen molar-refractivity contribution in [2.45, 2.75) is 12.5 Å². The zero-order valence-corrected chi connectivity index (χ0v) is 12.1. The molecule has 0 aromatic carbocycles. The van der Waals surface area contributed by atoms with Gasteiger partial charge in [-0.1, -0.05) is 0 Å². The molecular formula is C13H15N5OS. The first-order valence-corrected chi connectivity index (χ1v) is 7.12. The van der Waals surface area contributed by atoms with Crippen molar-refractivity contribution in [2.24, 2.45) is 0 Å². The number of likely N-dealkylation sites (N-methyl/N-ethyl adjacent to an activating group) is 1. The number of methoxy groups -OCH3 is 1. The van der Waals surface area contributed by atoms with Crippen LogP contribution in [0.5, 0.6) is 5.88 Å². The number of hydrogen-bond acceptors (Lipinski definition) is 6. The van der Waals surface area contributed by atoms with Gasteiger partial charge in [-0.3, -0.25) is 4.40 Å². The standard InChI is InChI=1S/C13H15N5OS/c1-14-10(11-6-12(19-2)16-8-15-11)5-9-7-18-3-4-20-13(18)17-9/h3-4,6-8,10,14H,5H2,1-2H3. The number of nitrogens with zero attached hydrogens (tertiary/aromatic N) is 4. The lowest BCUT2D eigenvalue weighted by molar-refractivity contribution is 0.394. The number of fused-ring (bicyclic) bond motifs is 1. The van der Waals surface area contributed by atoms with Crippen molar-refractivity contribution >= 4 is 16.3 Å². The maximum Gasteiger partial charge on any atom is 0.216 e. The molecule has 1 unspecified atom stereocenters. The fourth-order valence-corrected chi connectivity index (χ4v) is 2.81. The van der Waals surface area contributed by atoms with E-state index in [-0.39, 0.29) is 6.04 Å². The minimum atomic E-state index is 0.0801. The average molecular weight is 289 g/mol. The van der Waals surface area contributed by atoms with Crippen LogP contribution in [-0.4, -0.2) is 33.5 Å². The SMILES string of the molecule is CNC(Cc1cn2ccsc2n1)c1cc(OC)ncn1. The van der Waals surface area contributed by atoms with Gasteiger partial charge in [-0.25, -0.2) is 15.0 Å². The second kappa shape index (κ2) is 5.56. The summed E-state index contributed by atoms with van der Waals surface area (Å²) in [6, 6.07) is 1.93. The van der Waals surface area contributed by atoms with Crippen LogP contribution < -0.4 is 10.1 Å². The lowest BCUT2D eigenvalue weighted by Crippen LogP contribution is -2.20. The molecule has 0 radical (unpaired) electrons. The van der Waals surface area contributed by atoms with Crippen LogP contribution in [0.2, 0.25) is 0 Å². The summed E-state index contributed by atoms with van der Waals surface area (Å²) >= 11 is 1.63. The molecule has 3 heterocycles. The van der Waals surface area contributed by atoms with Gasteiger partial charge in [-0.05, 0) is 7.05 Å². The van der Waals surface area contributed by atoms with Crippen LogP contribution in [0.1, 0.15) is 17.4 Å². The number of hydrogen-bond donors (Lipinski definition) is 1. The summed E-state index contributed by atoms with van der Waals surface area (Å²) in [4.78, 5) is 13.9. The van der Waals surface area contributed by atoms with Gasteiger partial charge in [0.05, 0.1) is 24.5 Å². The minimum absolute atomic E-state index is 0.0801. The third-order valence-corrected chi connectivity index (χ3v) is 3.90. The van der Waals surface area contributed by atoms with Crippen molar-refractivity contribution in [1.82, 2.24) is 24.7 Å². The molecular weight excluding hydrogens is 274 g/mol. The largest absolute Gasteiger partial charge is 0.481 e. The highest BCUT2D eigenvalue weighted by molar-refractivity contribution is 7.15. The Labute approximate surface area is 120 Å². The Morgan fingerprint density at radius 1 is 1.45 bits per heavy atom. The Morgan fingerprint density at radius 3 is 3.10 bits per heavy atom. The Bertz CT molecular complexity index is 679. The molecule has 3 aromatic rings. The van der Waals surface area contributed by atoms with Crippen LogP contribution in [0.15, 0.2) is 30.2 Å². The van der Waals surface area contributed by atoms with E-state index in [1.165, 1.54) is 6.33 Å². The van der Waals surface area contributed by atoms with E-state index in [1.54, 1.807) is 18.4 Å². The summed E-state index contributed by atoms with van der Waals surface area (Å²) < 4.78 is 7.17. The molecule has 0 spiro atoms. The molecule has 20 heavy (non-hydrogen) atoms. The van der Waals surface area contributed by atoms with E-state index < -0.39 is 0 Å². The van der Waals surface area contributed by atoms with Gasteiger partial charge >= 0.3 is 0 Å². The normalized spacial score (nSPS) is 12.7. The molecule has 0 bridgehead atoms. The number of rotatable bonds is 5. The maximum atomic E-state index is 5.14. The fourth-order valence-electron chi connectivity index (χ4n) is 2.09. The number of nitrogens with one attached hydrogen (secondary N) is 1. The Morgan fingerprint density at radius 2 is 2.35 bits per heavy atom. The van der Waals surface area contributed by atoms with E-state index >= 15 is 0 Å². The Balaban J connectivity index is 1.83. The monoisotopic (exact) mass is 289 g/mol. The summed E-state index contributed by atoms with van der Waals surface area (Å²) in [7, 11) is 3.52. The van der Waals surface area contributed by atoms with Gasteiger partial charge in [0.2, 0.25) is 5.88 Å². The molecule has 0 aliphatic carbocycles. The number of aromatic nitrogens is 4. The molecule has 3 rings (SSSR count). The van der Waals surface area contributed by atoms with Crippen molar-refractivity contribution in [3.8, 4) is 5.88 Å². The fraction of sp³-hybridized carbons (Fsp3) is 0.308. The van der Waals surface area contributed by atoms with Crippen LogP contribution in [0.3, 0.4) is 0 Å². The smallest absolute Gasteiger partial charge is 0.216 e. The summed E-state index contributed by atoms with van der Waals surface area (Å²) in [6.45, 7) is 0. The molecule has 0 fully saturated rings. The highest BCUT2D eigenvalue weighted by Crippen LogP contribution is 2.20. The Hall–Kier alpha value is -1.99. The predicted molar refractivity (Wildman–Crippen MR) is 77.2 cm³/mol. The van der Waals surface area contributed by atoms with Gasteiger partial charge in [0.25, 0.3) is 0 Å². The van der Waals surface area contributed by atoms with Crippen molar-refractivity contribution < 1.29 is 4.74 Å². The van der Waals surface area contributed by atoms with E-state index in [4.69, 9.17) is 4.74 Å². The van der Waals surface area contributed by atoms with Crippen LogP contribution in [0.4, 0.5) is 0 Å². The van der Waals surface area contributed by atoms with Crippen molar-refractivity contribution in [3.63, 3.8) is 0 Å². The van der Waals surface area contributed by atoms with Gasteiger partial charge in [-0.2, -0.15) is 0 Å². The molecule has 104 valence electrons. The first kappa shape index (κ1) is 13.0. The quantitative estimate of drug-likeness (QED) is 0.774. The predicted octanol–water partition coefficient (Wildman–Crippen LogP) is 1.70. The van der Waals surface area contributed by atoms with Crippen LogP contribution in [0, 0.1) is 0 Å². The van der Waals surface area contributed by atoms with Gasteiger partial charge in [0, 0.05) is 30.3 Å². The molecule has 0 saturated heterocycles. The van der Waals surface area contributed by atoms with Gasteiger partial charge < -0.3 is 10.1 Å². The molecule has 0 aliphatic rings. The van der Waals surface area contributed by atoms with Crippen LogP contribution in [-0.2, 0) is 6.42 Å². The molecule has 0 amide bonds. The third-order valence-electron chi connectivity index (χ3n) is 3.13. The molecule has 1 N–H and O–H groups in total. The summed E-state index contributed by atoms with van der Waals surface area (Å²) in [6.07, 6.45) is 6.35. The van der Waals surface area contributed by atoms with E-state index in [9.17, 15) is 0 Å². The van der Waals surface area contributed by atoms with Crippen LogP contribution in [0.25, 0.3) is 4.96 Å². The second-order valence-electron chi connectivity index (χ2n) is 4.36. The zero-order chi connectivity index (χ0) is 13.9. The number of ether oxygens (including phenoxy) is 1. The van der Waals surface area contributed by atoms with E-state index in [0.717, 1.165) is 22.8 Å². The molecule has 6 nitrogen and oxygen atoms in total. The van der Waals surface area contributed by atoms with Crippen molar-refractivity contribution in [3.05, 3.63) is 41.6 Å². The molecule has 0 aliphatic heterocycles. The highest BCUT2D eigenvalue weighted by Gasteiger charge is 2.15. The summed E-state index contributed by atoms with van der Waals surface area (Å²) in [5, 5.41) is 5.29. The molecule has 7 heteroatoms. The lowest BCUT2D eigenvalue weighted by atomic mass is 10.1. The maximum absolute atomic E-state index is 5.14. The zero-order valence-electron chi connectivity index (χ0n) is 11.3. The second-order valence-corrected chi connectivity index (χ2v) is 5.23. The van der Waals surface area contributed by atoms with E-state index in [0.29, 0.717) is 5.88 Å². The van der Waals surface area contributed by atoms with Gasteiger partial charge in [0.1, 0.15) is 6.33 Å².